The third kappa shape index (κ3) is 4.98. The lowest BCUT2D eigenvalue weighted by atomic mass is 9.59. The highest BCUT2D eigenvalue weighted by Gasteiger charge is 2.57. The molecule has 196 valence electrons. The van der Waals surface area contributed by atoms with Gasteiger partial charge >= 0.3 is 0 Å². The van der Waals surface area contributed by atoms with Gasteiger partial charge in [-0.3, -0.25) is 14.4 Å². The van der Waals surface area contributed by atoms with Crippen molar-refractivity contribution in [2.75, 3.05) is 13.2 Å². The number of alkyl halides is 2. The maximum absolute atomic E-state index is 13.8. The Hall–Kier alpha value is -1.29. The molecule has 0 spiro atoms. The lowest BCUT2D eigenvalue weighted by molar-refractivity contribution is -0.142. The van der Waals surface area contributed by atoms with E-state index in [-0.39, 0.29) is 55.4 Å². The lowest BCUT2D eigenvalue weighted by Crippen LogP contribution is -2.70. The molecule has 1 saturated heterocycles. The predicted molar refractivity (Wildman–Crippen MR) is 125 cm³/mol. The van der Waals surface area contributed by atoms with Crippen LogP contribution in [0, 0.1) is 11.8 Å². The molecule has 6 fully saturated rings. The summed E-state index contributed by atoms with van der Waals surface area (Å²) >= 11 is 5.91. The van der Waals surface area contributed by atoms with E-state index in [1.807, 2.05) is 0 Å². The van der Waals surface area contributed by atoms with Crippen LogP contribution in [0.25, 0.3) is 0 Å². The van der Waals surface area contributed by atoms with Crippen molar-refractivity contribution in [3.05, 3.63) is 0 Å². The number of carbonyl (C=O) groups is 3. The molecule has 2 bridgehead atoms. The van der Waals surface area contributed by atoms with Crippen LogP contribution in [0.5, 0.6) is 0 Å². The van der Waals surface area contributed by atoms with Crippen LogP contribution in [-0.4, -0.2) is 76.9 Å². The van der Waals surface area contributed by atoms with Gasteiger partial charge in [0.15, 0.2) is 0 Å². The van der Waals surface area contributed by atoms with Crippen LogP contribution >= 0.6 is 11.6 Å². The number of nitrogens with one attached hydrogen (secondary N) is 2. The van der Waals surface area contributed by atoms with Crippen LogP contribution in [0.15, 0.2) is 0 Å². The van der Waals surface area contributed by atoms with Crippen LogP contribution in [0.4, 0.5) is 4.39 Å². The topological polar surface area (TPSA) is 114 Å². The molecule has 7 unspecified atom stereocenters. The van der Waals surface area contributed by atoms with Gasteiger partial charge in [0.05, 0.1) is 47.7 Å². The molecule has 7 atom stereocenters. The Morgan fingerprint density at radius 3 is 2.66 bits per heavy atom. The fraction of sp³-hybridized carbons (Fsp3) is 0.880. The first-order chi connectivity index (χ1) is 16.7. The molecular weight excluding hydrogens is 479 g/mol. The summed E-state index contributed by atoms with van der Waals surface area (Å²) in [5.41, 5.74) is -1.28. The summed E-state index contributed by atoms with van der Waals surface area (Å²) in [5, 5.41) is 16.7. The molecule has 2 amide bonds. The highest BCUT2D eigenvalue weighted by molar-refractivity contribution is 6.21. The van der Waals surface area contributed by atoms with Crippen molar-refractivity contribution in [1.82, 2.24) is 10.6 Å². The molecule has 0 aromatic carbocycles. The van der Waals surface area contributed by atoms with E-state index < -0.39 is 34.6 Å². The second-order valence-corrected chi connectivity index (χ2v) is 11.9. The number of fused-ring (bicyclic) bond motifs is 4. The second-order valence-electron chi connectivity index (χ2n) is 11.3. The fourth-order valence-electron chi connectivity index (χ4n) is 6.99. The number of aliphatic hydroxyl groups is 1. The minimum Gasteiger partial charge on any atom is -0.391 e. The second kappa shape index (κ2) is 9.88. The number of Topliss-reactive ketones (excluding diaryl/α,β-unsaturated/α-hetero) is 1. The van der Waals surface area contributed by atoms with Crippen LogP contribution in [0.1, 0.15) is 70.6 Å². The van der Waals surface area contributed by atoms with Crippen molar-refractivity contribution < 1.29 is 33.4 Å². The summed E-state index contributed by atoms with van der Waals surface area (Å²) in [7, 11) is 0. The minimum absolute atomic E-state index is 0.103. The van der Waals surface area contributed by atoms with Crippen molar-refractivity contribution in [3.63, 3.8) is 0 Å². The van der Waals surface area contributed by atoms with Crippen LogP contribution in [0.2, 0.25) is 0 Å². The van der Waals surface area contributed by atoms with E-state index in [0.29, 0.717) is 51.4 Å². The van der Waals surface area contributed by atoms with Crippen molar-refractivity contribution in [2.45, 2.75) is 112 Å². The average molecular weight is 515 g/mol. The smallest absolute Gasteiger partial charge is 0.246 e. The largest absolute Gasteiger partial charge is 0.391 e. The number of ether oxygens (including phenoxy) is 2. The highest BCUT2D eigenvalue weighted by Crippen LogP contribution is 2.47. The standard InChI is InChI=1S/C25H36ClFN2O6/c26-16-5-4-14(10-17(16)27)34-13-21(32)28-24-6-8-25(9-7-24,20(31)11-24)29-23(33)15-12-35-19-3-1-2-18(30)22(15)19/h14-17,19-20,22,31H,1-13H2,(H,28,32)(H,29,33). The van der Waals surface area contributed by atoms with Crippen molar-refractivity contribution >= 4 is 29.2 Å². The van der Waals surface area contributed by atoms with Gasteiger partial charge in [0, 0.05) is 18.4 Å². The van der Waals surface area contributed by atoms with Gasteiger partial charge in [-0.2, -0.15) is 0 Å². The summed E-state index contributed by atoms with van der Waals surface area (Å²) in [6.45, 7) is 0.0943. The lowest BCUT2D eigenvalue weighted by Gasteiger charge is -2.56. The zero-order valence-corrected chi connectivity index (χ0v) is 20.7. The molecular formula is C25H36ClFN2O6. The van der Waals surface area contributed by atoms with E-state index in [0.717, 1.165) is 12.8 Å². The summed E-state index contributed by atoms with van der Waals surface area (Å²) < 4.78 is 25.2. The minimum atomic E-state index is -1.12. The number of aliphatic hydroxyl groups excluding tert-OH is 1. The number of hydrogen-bond acceptors (Lipinski definition) is 6. The van der Waals surface area contributed by atoms with E-state index in [4.69, 9.17) is 21.1 Å². The predicted octanol–water partition coefficient (Wildman–Crippen LogP) is 1.93. The maximum Gasteiger partial charge on any atom is 0.246 e. The number of halogens is 2. The molecule has 0 aromatic heterocycles. The molecule has 5 saturated carbocycles. The first-order valence-corrected chi connectivity index (χ1v) is 13.5. The van der Waals surface area contributed by atoms with Gasteiger partial charge in [-0.1, -0.05) is 0 Å². The molecule has 3 N–H and O–H groups in total. The van der Waals surface area contributed by atoms with Crippen molar-refractivity contribution in [2.24, 2.45) is 11.8 Å². The molecule has 1 heterocycles. The van der Waals surface area contributed by atoms with Gasteiger partial charge < -0.3 is 25.2 Å². The van der Waals surface area contributed by atoms with Crippen molar-refractivity contribution in [3.8, 4) is 0 Å². The van der Waals surface area contributed by atoms with Gasteiger partial charge in [0.25, 0.3) is 0 Å². The quantitative estimate of drug-likeness (QED) is 0.467. The third-order valence-electron chi connectivity index (χ3n) is 9.14. The molecule has 0 aromatic rings. The first kappa shape index (κ1) is 25.4. The summed E-state index contributed by atoms with van der Waals surface area (Å²) in [6.07, 6.45) is 3.75. The molecule has 1 aliphatic heterocycles. The fourth-order valence-corrected chi connectivity index (χ4v) is 7.22. The Morgan fingerprint density at radius 2 is 1.94 bits per heavy atom. The average Bonchev–Trinajstić information content (AvgIpc) is 3.27. The summed E-state index contributed by atoms with van der Waals surface area (Å²) in [5.74, 6) is -1.26. The van der Waals surface area contributed by atoms with E-state index in [9.17, 15) is 23.9 Å². The van der Waals surface area contributed by atoms with E-state index in [2.05, 4.69) is 10.6 Å². The Labute approximate surface area is 210 Å². The Kier molecular flexibility index (Phi) is 7.16. The number of amides is 2. The molecule has 5 aliphatic carbocycles. The molecule has 0 radical (unpaired) electrons. The zero-order valence-electron chi connectivity index (χ0n) is 20.0. The Balaban J connectivity index is 1.13. The van der Waals surface area contributed by atoms with E-state index >= 15 is 0 Å². The normalized spacial score (nSPS) is 45.1. The number of carbonyl (C=O) groups excluding carboxylic acids is 3. The maximum atomic E-state index is 13.8. The van der Waals surface area contributed by atoms with Gasteiger partial charge in [0.2, 0.25) is 11.8 Å². The number of rotatable bonds is 6. The molecule has 35 heavy (non-hydrogen) atoms. The van der Waals surface area contributed by atoms with Crippen LogP contribution in [-0.2, 0) is 23.9 Å². The highest BCUT2D eigenvalue weighted by atomic mass is 35.5. The SMILES string of the molecule is O=C(COC1CCC(Cl)C(F)C1)NC12CCC(NC(=O)C3COC4CCCC(=O)C43)(CC1)C(O)C2. The van der Waals surface area contributed by atoms with Gasteiger partial charge in [-0.25, -0.2) is 4.39 Å². The molecule has 10 heteroatoms. The Morgan fingerprint density at radius 1 is 1.17 bits per heavy atom. The van der Waals surface area contributed by atoms with Crippen LogP contribution in [0.3, 0.4) is 0 Å². The van der Waals surface area contributed by atoms with Gasteiger partial charge in [-0.05, 0) is 57.8 Å². The summed E-state index contributed by atoms with van der Waals surface area (Å²) in [6, 6.07) is 0. The van der Waals surface area contributed by atoms with Crippen molar-refractivity contribution in [1.29, 1.82) is 0 Å². The van der Waals surface area contributed by atoms with Gasteiger partial charge in [0.1, 0.15) is 18.6 Å². The Bertz CT molecular complexity index is 850. The summed E-state index contributed by atoms with van der Waals surface area (Å²) in [4.78, 5) is 38.3. The molecule has 6 rings (SSSR count). The van der Waals surface area contributed by atoms with E-state index in [1.165, 1.54) is 0 Å². The molecule has 8 nitrogen and oxygen atoms in total. The number of ketones is 1. The molecule has 6 aliphatic rings. The zero-order chi connectivity index (χ0) is 24.8. The number of hydrogen-bond donors (Lipinski definition) is 3. The third-order valence-corrected chi connectivity index (χ3v) is 9.63. The van der Waals surface area contributed by atoms with Crippen LogP contribution < -0.4 is 10.6 Å². The first-order valence-electron chi connectivity index (χ1n) is 13.1. The van der Waals surface area contributed by atoms with E-state index in [1.54, 1.807) is 0 Å². The van der Waals surface area contributed by atoms with Gasteiger partial charge in [-0.15, -0.1) is 11.6 Å². The monoisotopic (exact) mass is 514 g/mol.